The number of carboxylic acids is 2. The van der Waals surface area contributed by atoms with Crippen LogP contribution in [0.2, 0.25) is 0 Å². The van der Waals surface area contributed by atoms with Gasteiger partial charge in [-0.05, 0) is 12.8 Å². The molecule has 0 aromatic rings. The number of aliphatic carboxylic acids is 2. The van der Waals surface area contributed by atoms with Crippen molar-refractivity contribution in [2.75, 3.05) is 0 Å². The lowest BCUT2D eigenvalue weighted by atomic mass is 10.3. The van der Waals surface area contributed by atoms with Crippen molar-refractivity contribution in [1.82, 2.24) is 6.15 Å². The summed E-state index contributed by atoms with van der Waals surface area (Å²) in [6.07, 6.45) is 7.01. The average Bonchev–Trinajstić information content (AvgIpc) is 2.12. The fourth-order valence-corrected chi connectivity index (χ4v) is 0.378. The molecule has 0 spiro atoms. The first kappa shape index (κ1) is 18.8. The molecular formula is C10H17NO4. The number of allylic oxidation sites excluding steroid dienone is 2. The molecular weight excluding hydrogens is 198 g/mol. The van der Waals surface area contributed by atoms with Gasteiger partial charge in [0.25, 0.3) is 0 Å². The van der Waals surface area contributed by atoms with Gasteiger partial charge in [-0.1, -0.05) is 12.2 Å². The second-order valence-electron chi connectivity index (χ2n) is 2.16. The van der Waals surface area contributed by atoms with E-state index in [-0.39, 0.29) is 6.15 Å². The van der Waals surface area contributed by atoms with Crippen molar-refractivity contribution in [3.05, 3.63) is 37.5 Å². The summed E-state index contributed by atoms with van der Waals surface area (Å²) in [5, 5.41) is 15.6. The van der Waals surface area contributed by atoms with E-state index in [9.17, 15) is 9.59 Å². The molecule has 0 unspecified atom stereocenters. The molecule has 0 aliphatic rings. The lowest BCUT2D eigenvalue weighted by Crippen LogP contribution is -1.91. The van der Waals surface area contributed by atoms with Gasteiger partial charge in [0.15, 0.2) is 0 Å². The van der Waals surface area contributed by atoms with Crippen molar-refractivity contribution in [1.29, 1.82) is 0 Å². The van der Waals surface area contributed by atoms with Gasteiger partial charge < -0.3 is 16.4 Å². The van der Waals surface area contributed by atoms with Crippen LogP contribution in [0.3, 0.4) is 0 Å². The monoisotopic (exact) mass is 215 g/mol. The third-order valence-corrected chi connectivity index (χ3v) is 0.943. The van der Waals surface area contributed by atoms with Crippen LogP contribution < -0.4 is 6.15 Å². The van der Waals surface area contributed by atoms with Crippen LogP contribution in [0.25, 0.3) is 0 Å². The number of carboxylic acid groups (broad SMARTS) is 2. The van der Waals surface area contributed by atoms with Crippen LogP contribution >= 0.6 is 0 Å². The fourth-order valence-electron chi connectivity index (χ4n) is 0.378. The van der Waals surface area contributed by atoms with Gasteiger partial charge in [0.1, 0.15) is 0 Å². The summed E-state index contributed by atoms with van der Waals surface area (Å²) in [6.45, 7) is 7.10. The van der Waals surface area contributed by atoms with E-state index < -0.39 is 11.9 Å². The van der Waals surface area contributed by atoms with Crippen LogP contribution in [-0.2, 0) is 9.59 Å². The Morgan fingerprint density at radius 3 is 1.33 bits per heavy atom. The number of rotatable bonds is 5. The zero-order chi connectivity index (χ0) is 11.4. The topological polar surface area (TPSA) is 110 Å². The molecule has 5 heteroatoms. The third-order valence-electron chi connectivity index (χ3n) is 0.943. The molecule has 0 amide bonds. The van der Waals surface area contributed by atoms with Gasteiger partial charge in [-0.3, -0.25) is 0 Å². The van der Waals surface area contributed by atoms with Gasteiger partial charge in [-0.15, -0.1) is 13.2 Å². The first-order valence-corrected chi connectivity index (χ1v) is 3.90. The maximum atomic E-state index is 9.55. The Morgan fingerprint density at radius 2 is 1.20 bits per heavy atom. The number of hydrogen-bond donors (Lipinski definition) is 3. The smallest absolute Gasteiger partial charge is 0.328 e. The molecule has 0 aromatic heterocycles. The van der Waals surface area contributed by atoms with E-state index in [1.807, 2.05) is 12.2 Å². The van der Waals surface area contributed by atoms with Crippen LogP contribution in [-0.4, -0.2) is 22.2 Å². The predicted octanol–water partition coefficient (Wildman–Crippen LogP) is 2.01. The Labute approximate surface area is 89.0 Å². The van der Waals surface area contributed by atoms with Crippen molar-refractivity contribution in [3.8, 4) is 0 Å². The molecule has 86 valence electrons. The van der Waals surface area contributed by atoms with E-state index in [0.717, 1.165) is 12.8 Å². The summed E-state index contributed by atoms with van der Waals surface area (Å²) in [5.41, 5.74) is 0. The summed E-state index contributed by atoms with van der Waals surface area (Å²) in [6, 6.07) is 0. The Kier molecular flexibility index (Phi) is 18.4. The maximum absolute atomic E-state index is 9.55. The molecule has 0 saturated carbocycles. The van der Waals surface area contributed by atoms with E-state index in [4.69, 9.17) is 10.2 Å². The van der Waals surface area contributed by atoms with Gasteiger partial charge in [0.2, 0.25) is 0 Å². The standard InChI is InChI=1S/C6H10.C4H4O4.H3N/c1-3-5-6-4-2;5-3(6)1-2-4(7)8;/h3-4H,1-2,5-6H2;1-2H,(H,5,6)(H,7,8);1H3/b;2-1-;. The van der Waals surface area contributed by atoms with E-state index in [1.54, 1.807) is 0 Å². The molecule has 0 aromatic carbocycles. The lowest BCUT2D eigenvalue weighted by molar-refractivity contribution is -0.134. The molecule has 0 atom stereocenters. The number of carbonyl (C=O) groups is 2. The molecule has 0 saturated heterocycles. The minimum Gasteiger partial charge on any atom is -0.478 e. The lowest BCUT2D eigenvalue weighted by Gasteiger charge is -1.76. The van der Waals surface area contributed by atoms with Crippen molar-refractivity contribution in [3.63, 3.8) is 0 Å². The first-order chi connectivity index (χ1) is 6.54. The SMILES string of the molecule is C=CCCC=C.N.O=C(O)/C=C\C(=O)O. The van der Waals surface area contributed by atoms with Crippen molar-refractivity contribution in [2.45, 2.75) is 12.8 Å². The minimum absolute atomic E-state index is 0. The molecule has 15 heavy (non-hydrogen) atoms. The summed E-state index contributed by atoms with van der Waals surface area (Å²) in [5.74, 6) is -2.51. The molecule has 0 bridgehead atoms. The predicted molar refractivity (Wildman–Crippen MR) is 59.1 cm³/mol. The van der Waals surface area contributed by atoms with Crippen molar-refractivity contribution >= 4 is 11.9 Å². The summed E-state index contributed by atoms with van der Waals surface area (Å²) >= 11 is 0. The van der Waals surface area contributed by atoms with Gasteiger partial charge >= 0.3 is 11.9 Å². The molecule has 0 fully saturated rings. The van der Waals surface area contributed by atoms with Gasteiger partial charge in [0, 0.05) is 12.2 Å². The summed E-state index contributed by atoms with van der Waals surface area (Å²) in [4.78, 5) is 19.1. The first-order valence-electron chi connectivity index (χ1n) is 3.90. The van der Waals surface area contributed by atoms with Crippen LogP contribution in [0, 0.1) is 0 Å². The minimum atomic E-state index is -1.26. The largest absolute Gasteiger partial charge is 0.478 e. The summed E-state index contributed by atoms with van der Waals surface area (Å²) < 4.78 is 0. The van der Waals surface area contributed by atoms with Crippen LogP contribution in [0.5, 0.6) is 0 Å². The zero-order valence-corrected chi connectivity index (χ0v) is 8.56. The highest BCUT2D eigenvalue weighted by Crippen LogP contribution is 1.86. The molecule has 0 aliphatic heterocycles. The Bertz CT molecular complexity index is 210. The Hall–Kier alpha value is -1.88. The van der Waals surface area contributed by atoms with Crippen LogP contribution in [0.1, 0.15) is 12.8 Å². The molecule has 0 aliphatic carbocycles. The van der Waals surface area contributed by atoms with Gasteiger partial charge in [-0.25, -0.2) is 9.59 Å². The quantitative estimate of drug-likeness (QED) is 0.369. The second kappa shape index (κ2) is 14.6. The number of unbranched alkanes of at least 4 members (excludes halogenated alkanes) is 1. The van der Waals surface area contributed by atoms with E-state index in [0.29, 0.717) is 12.2 Å². The molecule has 0 rings (SSSR count). The van der Waals surface area contributed by atoms with Crippen LogP contribution in [0.15, 0.2) is 37.5 Å². The highest BCUT2D eigenvalue weighted by Gasteiger charge is 1.88. The normalized spacial score (nSPS) is 8.00. The van der Waals surface area contributed by atoms with Gasteiger partial charge in [-0.2, -0.15) is 0 Å². The molecule has 0 heterocycles. The van der Waals surface area contributed by atoms with Crippen molar-refractivity contribution < 1.29 is 19.8 Å². The molecule has 0 radical (unpaired) electrons. The second-order valence-corrected chi connectivity index (χ2v) is 2.16. The summed E-state index contributed by atoms with van der Waals surface area (Å²) in [7, 11) is 0. The van der Waals surface area contributed by atoms with Crippen molar-refractivity contribution in [2.24, 2.45) is 0 Å². The zero-order valence-electron chi connectivity index (χ0n) is 8.56. The molecule has 5 N–H and O–H groups in total. The molecule has 5 nitrogen and oxygen atoms in total. The highest BCUT2D eigenvalue weighted by atomic mass is 16.4. The van der Waals surface area contributed by atoms with E-state index in [2.05, 4.69) is 13.2 Å². The fraction of sp³-hybridized carbons (Fsp3) is 0.200. The van der Waals surface area contributed by atoms with E-state index >= 15 is 0 Å². The maximum Gasteiger partial charge on any atom is 0.328 e. The van der Waals surface area contributed by atoms with Crippen LogP contribution in [0.4, 0.5) is 0 Å². The average molecular weight is 215 g/mol. The Balaban J connectivity index is -0.000000187. The van der Waals surface area contributed by atoms with Gasteiger partial charge in [0.05, 0.1) is 0 Å². The number of hydrogen-bond acceptors (Lipinski definition) is 3. The van der Waals surface area contributed by atoms with E-state index in [1.165, 1.54) is 0 Å². The third kappa shape index (κ3) is 33.1. The Morgan fingerprint density at radius 1 is 0.933 bits per heavy atom. The highest BCUT2D eigenvalue weighted by molar-refractivity contribution is 5.89.